The highest BCUT2D eigenvalue weighted by atomic mass is 79.9. The molecule has 1 fully saturated rings. The lowest BCUT2D eigenvalue weighted by Gasteiger charge is -2.29. The number of anilines is 1. The minimum absolute atomic E-state index is 0.101. The Kier molecular flexibility index (Phi) is 7.96. The minimum atomic E-state index is -0.354. The molecular formula is C27H28BrN3O6. The lowest BCUT2D eigenvalue weighted by molar-refractivity contribution is -0.133. The summed E-state index contributed by atoms with van der Waals surface area (Å²) < 4.78 is 23.1. The van der Waals surface area contributed by atoms with Gasteiger partial charge in [0.2, 0.25) is 12.7 Å². The number of halogens is 1. The van der Waals surface area contributed by atoms with Crippen molar-refractivity contribution in [1.29, 1.82) is 0 Å². The van der Waals surface area contributed by atoms with Gasteiger partial charge >= 0.3 is 6.03 Å². The molecule has 1 unspecified atom stereocenters. The number of carbonyl (C=O) groups is 2. The number of furan rings is 1. The standard InChI is InChI=1S/C27H28BrN3O6/c28-20-6-8-21(9-7-20)29-27(33)31(16-23-4-2-12-35-23)17-26(32)30(15-22-3-1-11-34-22)14-19-5-10-24-25(13-19)37-18-36-24/h1,3,5-11,13,23H,2,4,12,14-18H2,(H,29,33). The number of hydrogen-bond donors (Lipinski definition) is 1. The predicted molar refractivity (Wildman–Crippen MR) is 139 cm³/mol. The van der Waals surface area contributed by atoms with Crippen LogP contribution in [0.25, 0.3) is 0 Å². The normalized spacial score (nSPS) is 16.0. The summed E-state index contributed by atoms with van der Waals surface area (Å²) in [6, 6.07) is 16.2. The van der Waals surface area contributed by atoms with E-state index in [4.69, 9.17) is 18.6 Å². The van der Waals surface area contributed by atoms with E-state index < -0.39 is 0 Å². The van der Waals surface area contributed by atoms with Gasteiger partial charge in [0, 0.05) is 29.9 Å². The number of nitrogens with one attached hydrogen (secondary N) is 1. The number of rotatable bonds is 9. The first-order valence-corrected chi connectivity index (χ1v) is 12.9. The molecule has 3 amide bonds. The second-order valence-corrected chi connectivity index (χ2v) is 9.89. The lowest BCUT2D eigenvalue weighted by Crippen LogP contribution is -2.46. The summed E-state index contributed by atoms with van der Waals surface area (Å²) in [5.74, 6) is 1.77. The molecule has 1 N–H and O–H groups in total. The number of fused-ring (bicyclic) bond motifs is 1. The highest BCUT2D eigenvalue weighted by Crippen LogP contribution is 2.33. The van der Waals surface area contributed by atoms with Gasteiger partial charge in [-0.3, -0.25) is 4.79 Å². The van der Waals surface area contributed by atoms with Crippen LogP contribution in [0.5, 0.6) is 11.5 Å². The predicted octanol–water partition coefficient (Wildman–Crippen LogP) is 5.01. The van der Waals surface area contributed by atoms with E-state index >= 15 is 0 Å². The van der Waals surface area contributed by atoms with Crippen LogP contribution >= 0.6 is 15.9 Å². The Hall–Kier alpha value is -3.50. The van der Waals surface area contributed by atoms with E-state index in [9.17, 15) is 9.59 Å². The van der Waals surface area contributed by atoms with Crippen molar-refractivity contribution >= 4 is 33.6 Å². The molecule has 1 saturated heterocycles. The van der Waals surface area contributed by atoms with Gasteiger partial charge in [0.25, 0.3) is 0 Å². The summed E-state index contributed by atoms with van der Waals surface area (Å²) in [5.41, 5.74) is 1.53. The van der Waals surface area contributed by atoms with Crippen LogP contribution in [0.15, 0.2) is 69.8 Å². The maximum Gasteiger partial charge on any atom is 0.322 e. The van der Waals surface area contributed by atoms with E-state index in [1.807, 2.05) is 36.4 Å². The van der Waals surface area contributed by atoms with Crippen molar-refractivity contribution < 1.29 is 28.2 Å². The van der Waals surface area contributed by atoms with Crippen molar-refractivity contribution in [3.63, 3.8) is 0 Å². The third-order valence-electron chi connectivity index (χ3n) is 6.25. The fourth-order valence-electron chi connectivity index (χ4n) is 4.34. The van der Waals surface area contributed by atoms with E-state index in [2.05, 4.69) is 21.2 Å². The van der Waals surface area contributed by atoms with Crippen molar-refractivity contribution in [2.24, 2.45) is 0 Å². The molecule has 0 radical (unpaired) electrons. The highest BCUT2D eigenvalue weighted by Gasteiger charge is 2.27. The number of ether oxygens (including phenoxy) is 3. The number of nitrogens with zero attached hydrogens (tertiary/aromatic N) is 2. The van der Waals surface area contributed by atoms with Crippen LogP contribution in [0.1, 0.15) is 24.2 Å². The first kappa shape index (κ1) is 25.2. The van der Waals surface area contributed by atoms with Crippen LogP contribution in [0.4, 0.5) is 10.5 Å². The largest absolute Gasteiger partial charge is 0.467 e. The molecule has 194 valence electrons. The lowest BCUT2D eigenvalue weighted by atomic mass is 10.1. The van der Waals surface area contributed by atoms with E-state index in [0.29, 0.717) is 42.6 Å². The molecule has 0 spiro atoms. The quantitative estimate of drug-likeness (QED) is 0.389. The molecule has 2 aromatic carbocycles. The zero-order valence-electron chi connectivity index (χ0n) is 20.2. The molecule has 0 aliphatic carbocycles. The number of amides is 3. The van der Waals surface area contributed by atoms with Crippen molar-refractivity contribution in [3.8, 4) is 11.5 Å². The Balaban J connectivity index is 1.33. The SMILES string of the molecule is O=C(CN(CC1CCCO1)C(=O)Nc1ccc(Br)cc1)N(Cc1ccc2c(c1)OCO2)Cc1ccco1. The molecule has 1 aromatic heterocycles. The van der Waals surface area contributed by atoms with Gasteiger partial charge < -0.3 is 33.7 Å². The molecule has 2 aliphatic heterocycles. The first-order valence-electron chi connectivity index (χ1n) is 12.2. The van der Waals surface area contributed by atoms with Crippen LogP contribution in [-0.4, -0.2) is 54.3 Å². The second-order valence-electron chi connectivity index (χ2n) is 8.97. The zero-order chi connectivity index (χ0) is 25.6. The maximum atomic E-state index is 13.7. The molecule has 2 aliphatic rings. The summed E-state index contributed by atoms with van der Waals surface area (Å²) in [6.45, 7) is 1.65. The van der Waals surface area contributed by atoms with Crippen molar-refractivity contribution in [1.82, 2.24) is 9.80 Å². The monoisotopic (exact) mass is 569 g/mol. The Labute approximate surface area is 223 Å². The third-order valence-corrected chi connectivity index (χ3v) is 6.78. The minimum Gasteiger partial charge on any atom is -0.467 e. The summed E-state index contributed by atoms with van der Waals surface area (Å²) in [7, 11) is 0. The van der Waals surface area contributed by atoms with E-state index in [1.165, 1.54) is 4.90 Å². The molecule has 1 atom stereocenters. The molecule has 3 aromatic rings. The number of hydrogen-bond acceptors (Lipinski definition) is 6. The van der Waals surface area contributed by atoms with Crippen LogP contribution in [-0.2, 0) is 22.6 Å². The fraction of sp³-hybridized carbons (Fsp3) is 0.333. The summed E-state index contributed by atoms with van der Waals surface area (Å²) in [6.07, 6.45) is 3.27. The summed E-state index contributed by atoms with van der Waals surface area (Å²) in [4.78, 5) is 30.1. The molecule has 0 bridgehead atoms. The van der Waals surface area contributed by atoms with Crippen molar-refractivity contribution in [2.75, 3.05) is 31.8 Å². The van der Waals surface area contributed by atoms with Gasteiger partial charge in [-0.1, -0.05) is 22.0 Å². The Morgan fingerprint density at radius 2 is 1.84 bits per heavy atom. The Bertz CT molecular complexity index is 1210. The van der Waals surface area contributed by atoms with Gasteiger partial charge in [0.1, 0.15) is 12.3 Å². The van der Waals surface area contributed by atoms with Gasteiger partial charge in [-0.15, -0.1) is 0 Å². The molecule has 0 saturated carbocycles. The number of urea groups is 1. The Morgan fingerprint density at radius 3 is 2.59 bits per heavy atom. The fourth-order valence-corrected chi connectivity index (χ4v) is 4.60. The van der Waals surface area contributed by atoms with Gasteiger partial charge in [-0.05, 0) is 66.9 Å². The summed E-state index contributed by atoms with van der Waals surface area (Å²) >= 11 is 3.40. The summed E-state index contributed by atoms with van der Waals surface area (Å²) in [5, 5.41) is 2.90. The molecular weight excluding hydrogens is 542 g/mol. The number of benzene rings is 2. The molecule has 10 heteroatoms. The molecule has 3 heterocycles. The van der Waals surface area contributed by atoms with Crippen LogP contribution < -0.4 is 14.8 Å². The smallest absolute Gasteiger partial charge is 0.322 e. The van der Waals surface area contributed by atoms with Gasteiger partial charge in [0.05, 0.1) is 18.9 Å². The van der Waals surface area contributed by atoms with Crippen LogP contribution in [0, 0.1) is 0 Å². The third kappa shape index (κ3) is 6.64. The molecule has 5 rings (SSSR count). The highest BCUT2D eigenvalue weighted by molar-refractivity contribution is 9.10. The molecule has 9 nitrogen and oxygen atoms in total. The first-order chi connectivity index (χ1) is 18.0. The van der Waals surface area contributed by atoms with Crippen molar-refractivity contribution in [2.45, 2.75) is 32.0 Å². The Morgan fingerprint density at radius 1 is 1.00 bits per heavy atom. The van der Waals surface area contributed by atoms with Crippen LogP contribution in [0.2, 0.25) is 0 Å². The van der Waals surface area contributed by atoms with Gasteiger partial charge in [0.15, 0.2) is 11.5 Å². The van der Waals surface area contributed by atoms with Crippen molar-refractivity contribution in [3.05, 3.63) is 76.7 Å². The maximum absolute atomic E-state index is 13.7. The number of carbonyl (C=O) groups excluding carboxylic acids is 2. The topological polar surface area (TPSA) is 93.5 Å². The zero-order valence-corrected chi connectivity index (χ0v) is 21.8. The second kappa shape index (κ2) is 11.7. The van der Waals surface area contributed by atoms with E-state index in [-0.39, 0.29) is 37.9 Å². The average Bonchev–Trinajstić information content (AvgIpc) is 3.68. The van der Waals surface area contributed by atoms with Crippen LogP contribution in [0.3, 0.4) is 0 Å². The van der Waals surface area contributed by atoms with E-state index in [1.54, 1.807) is 29.4 Å². The van der Waals surface area contributed by atoms with E-state index in [0.717, 1.165) is 22.9 Å². The molecule has 37 heavy (non-hydrogen) atoms. The van der Waals surface area contributed by atoms with Gasteiger partial charge in [-0.2, -0.15) is 0 Å². The average molecular weight is 570 g/mol. The van der Waals surface area contributed by atoms with Gasteiger partial charge in [-0.25, -0.2) is 4.79 Å².